The zero-order valence-corrected chi connectivity index (χ0v) is 8.16. The van der Waals surface area contributed by atoms with E-state index < -0.39 is 0 Å². The number of amides is 1. The van der Waals surface area contributed by atoms with E-state index in [-0.39, 0.29) is 5.91 Å². The van der Waals surface area contributed by atoms with Crippen molar-refractivity contribution >= 4 is 12.2 Å². The third-order valence-electron chi connectivity index (χ3n) is 2.61. The van der Waals surface area contributed by atoms with Crippen LogP contribution in [-0.2, 0) is 9.59 Å². The minimum absolute atomic E-state index is 0.214. The van der Waals surface area contributed by atoms with Gasteiger partial charge in [0.15, 0.2) is 0 Å². The molecule has 3 heteroatoms. The summed E-state index contributed by atoms with van der Waals surface area (Å²) in [7, 11) is 0. The number of carbonyl (C=O) groups excluding carboxylic acids is 2. The molecule has 0 spiro atoms. The number of aldehydes is 1. The lowest BCUT2D eigenvalue weighted by molar-refractivity contribution is -0.130. The van der Waals surface area contributed by atoms with Gasteiger partial charge in [-0.1, -0.05) is 6.92 Å². The summed E-state index contributed by atoms with van der Waals surface area (Å²) in [6.07, 6.45) is 4.07. The molecule has 0 aromatic heterocycles. The Morgan fingerprint density at radius 2 is 2.31 bits per heavy atom. The summed E-state index contributed by atoms with van der Waals surface area (Å²) in [5.41, 5.74) is 0. The van der Waals surface area contributed by atoms with E-state index in [1.54, 1.807) is 0 Å². The van der Waals surface area contributed by atoms with Crippen molar-refractivity contribution < 1.29 is 9.59 Å². The van der Waals surface area contributed by atoms with Crippen LogP contribution in [0.3, 0.4) is 0 Å². The van der Waals surface area contributed by atoms with E-state index in [2.05, 4.69) is 6.92 Å². The summed E-state index contributed by atoms with van der Waals surface area (Å²) in [6.45, 7) is 3.61. The highest BCUT2D eigenvalue weighted by atomic mass is 16.2. The third-order valence-corrected chi connectivity index (χ3v) is 2.61. The van der Waals surface area contributed by atoms with Gasteiger partial charge in [-0.25, -0.2) is 0 Å². The Bertz CT molecular complexity index is 191. The SMILES string of the molecule is CC1CCC(=O)N(CCC=O)CC1. The van der Waals surface area contributed by atoms with Gasteiger partial charge in [0.25, 0.3) is 0 Å². The van der Waals surface area contributed by atoms with Crippen LogP contribution in [0.15, 0.2) is 0 Å². The average Bonchev–Trinajstić information content (AvgIpc) is 2.28. The second-order valence-corrected chi connectivity index (χ2v) is 3.77. The molecule has 0 N–H and O–H groups in total. The van der Waals surface area contributed by atoms with E-state index in [0.717, 1.165) is 25.7 Å². The van der Waals surface area contributed by atoms with Crippen molar-refractivity contribution in [2.24, 2.45) is 5.92 Å². The molecule has 1 amide bonds. The first-order valence-electron chi connectivity index (χ1n) is 4.95. The number of hydrogen-bond donors (Lipinski definition) is 0. The molecule has 1 fully saturated rings. The summed E-state index contributed by atoms with van der Waals surface area (Å²) < 4.78 is 0. The minimum Gasteiger partial charge on any atom is -0.342 e. The van der Waals surface area contributed by atoms with Gasteiger partial charge >= 0.3 is 0 Å². The largest absolute Gasteiger partial charge is 0.342 e. The van der Waals surface area contributed by atoms with Gasteiger partial charge in [0, 0.05) is 25.9 Å². The number of rotatable bonds is 3. The molecule has 13 heavy (non-hydrogen) atoms. The Hall–Kier alpha value is -0.860. The normalized spacial score (nSPS) is 24.2. The summed E-state index contributed by atoms with van der Waals surface area (Å²) in [5, 5.41) is 0. The van der Waals surface area contributed by atoms with Crippen LogP contribution in [-0.4, -0.2) is 30.2 Å². The maximum absolute atomic E-state index is 11.5. The fraction of sp³-hybridized carbons (Fsp3) is 0.800. The van der Waals surface area contributed by atoms with E-state index in [9.17, 15) is 9.59 Å². The maximum Gasteiger partial charge on any atom is 0.222 e. The first-order valence-corrected chi connectivity index (χ1v) is 4.95. The topological polar surface area (TPSA) is 37.4 Å². The van der Waals surface area contributed by atoms with Crippen LogP contribution in [0.5, 0.6) is 0 Å². The van der Waals surface area contributed by atoms with Crippen LogP contribution in [0.4, 0.5) is 0 Å². The van der Waals surface area contributed by atoms with Crippen LogP contribution < -0.4 is 0 Å². The Morgan fingerprint density at radius 1 is 1.54 bits per heavy atom. The molecular formula is C10H17NO2. The van der Waals surface area contributed by atoms with Gasteiger partial charge in [-0.05, 0) is 18.8 Å². The molecule has 1 aliphatic heterocycles. The van der Waals surface area contributed by atoms with E-state index in [1.165, 1.54) is 0 Å². The Morgan fingerprint density at radius 3 is 3.00 bits per heavy atom. The molecule has 0 radical (unpaired) electrons. The second-order valence-electron chi connectivity index (χ2n) is 3.77. The number of carbonyl (C=O) groups is 2. The minimum atomic E-state index is 0.214. The van der Waals surface area contributed by atoms with Crippen molar-refractivity contribution in [2.45, 2.75) is 32.6 Å². The predicted molar refractivity (Wildman–Crippen MR) is 50.3 cm³/mol. The number of hydrogen-bond acceptors (Lipinski definition) is 2. The number of nitrogens with zero attached hydrogens (tertiary/aromatic N) is 1. The van der Waals surface area contributed by atoms with Crippen molar-refractivity contribution in [1.82, 2.24) is 4.90 Å². The van der Waals surface area contributed by atoms with E-state index in [0.29, 0.717) is 25.3 Å². The summed E-state index contributed by atoms with van der Waals surface area (Å²) in [6, 6.07) is 0. The van der Waals surface area contributed by atoms with Gasteiger partial charge in [-0.2, -0.15) is 0 Å². The molecule has 1 saturated heterocycles. The van der Waals surface area contributed by atoms with Crippen molar-refractivity contribution in [3.63, 3.8) is 0 Å². The quantitative estimate of drug-likeness (QED) is 0.617. The lowest BCUT2D eigenvalue weighted by atomic mass is 10.0. The van der Waals surface area contributed by atoms with Crippen LogP contribution in [0.25, 0.3) is 0 Å². The predicted octanol–water partition coefficient (Wildman–Crippen LogP) is 1.22. The molecule has 0 aromatic rings. The maximum atomic E-state index is 11.5. The molecule has 1 unspecified atom stereocenters. The lowest BCUT2D eigenvalue weighted by Gasteiger charge is -2.18. The van der Waals surface area contributed by atoms with Crippen LogP contribution in [0, 0.1) is 5.92 Å². The summed E-state index contributed by atoms with van der Waals surface area (Å²) in [4.78, 5) is 23.5. The van der Waals surface area contributed by atoms with E-state index >= 15 is 0 Å². The first-order chi connectivity index (χ1) is 6.24. The highest BCUT2D eigenvalue weighted by Gasteiger charge is 2.19. The summed E-state index contributed by atoms with van der Waals surface area (Å²) >= 11 is 0. The first kappa shape index (κ1) is 10.2. The van der Waals surface area contributed by atoms with E-state index in [4.69, 9.17) is 0 Å². The molecule has 1 rings (SSSR count). The monoisotopic (exact) mass is 183 g/mol. The van der Waals surface area contributed by atoms with Gasteiger partial charge in [-0.3, -0.25) is 4.79 Å². The van der Waals surface area contributed by atoms with Gasteiger partial charge in [0.1, 0.15) is 6.29 Å². The highest BCUT2D eigenvalue weighted by molar-refractivity contribution is 5.76. The van der Waals surface area contributed by atoms with Gasteiger partial charge < -0.3 is 9.69 Å². The van der Waals surface area contributed by atoms with Gasteiger partial charge in [0.05, 0.1) is 0 Å². The lowest BCUT2D eigenvalue weighted by Crippen LogP contribution is -2.31. The fourth-order valence-electron chi connectivity index (χ4n) is 1.62. The van der Waals surface area contributed by atoms with Crippen LogP contribution in [0.2, 0.25) is 0 Å². The Balaban J connectivity index is 2.42. The molecule has 0 aromatic carbocycles. The standard InChI is InChI=1S/C10H17NO2/c1-9-3-4-10(13)11(7-5-9)6-2-8-12/h8-9H,2-7H2,1H3. The number of likely N-dealkylation sites (tertiary alicyclic amines) is 1. The molecular weight excluding hydrogens is 166 g/mol. The molecule has 3 nitrogen and oxygen atoms in total. The average molecular weight is 183 g/mol. The second kappa shape index (κ2) is 5.00. The summed E-state index contributed by atoms with van der Waals surface area (Å²) in [5.74, 6) is 0.858. The van der Waals surface area contributed by atoms with Crippen molar-refractivity contribution in [1.29, 1.82) is 0 Å². The molecule has 0 saturated carbocycles. The molecule has 74 valence electrons. The molecule has 1 heterocycles. The Kier molecular flexibility index (Phi) is 3.93. The fourth-order valence-corrected chi connectivity index (χ4v) is 1.62. The van der Waals surface area contributed by atoms with Crippen LogP contribution in [0.1, 0.15) is 32.6 Å². The zero-order chi connectivity index (χ0) is 9.68. The molecule has 0 aliphatic carbocycles. The molecule has 0 bridgehead atoms. The Labute approximate surface area is 79.1 Å². The molecule has 1 aliphatic rings. The van der Waals surface area contributed by atoms with E-state index in [1.807, 2.05) is 4.90 Å². The van der Waals surface area contributed by atoms with Crippen molar-refractivity contribution in [3.8, 4) is 0 Å². The van der Waals surface area contributed by atoms with Crippen molar-refractivity contribution in [3.05, 3.63) is 0 Å². The third kappa shape index (κ3) is 3.17. The highest BCUT2D eigenvalue weighted by Crippen LogP contribution is 2.17. The van der Waals surface area contributed by atoms with Gasteiger partial charge in [-0.15, -0.1) is 0 Å². The van der Waals surface area contributed by atoms with Crippen LogP contribution >= 0.6 is 0 Å². The molecule has 1 atom stereocenters. The smallest absolute Gasteiger partial charge is 0.222 e. The zero-order valence-electron chi connectivity index (χ0n) is 8.16. The van der Waals surface area contributed by atoms with Gasteiger partial charge in [0.2, 0.25) is 5.91 Å². The van der Waals surface area contributed by atoms with Crippen molar-refractivity contribution in [2.75, 3.05) is 13.1 Å².